The minimum absolute atomic E-state index is 0.00345. The molecule has 19 heteroatoms. The molecule has 1 aliphatic heterocycles. The average molecular weight is 634 g/mol. The smallest absolute Gasteiger partial charge is 0.491 e. The van der Waals surface area contributed by atoms with Gasteiger partial charge in [0.25, 0.3) is 0 Å². The number of aromatic nitrogens is 5. The van der Waals surface area contributed by atoms with Crippen molar-refractivity contribution in [2.45, 2.75) is 69.1 Å². The highest BCUT2D eigenvalue weighted by Crippen LogP contribution is 2.49. The van der Waals surface area contributed by atoms with E-state index in [2.05, 4.69) is 35.1 Å². The van der Waals surface area contributed by atoms with Crippen LogP contribution >= 0.6 is 0 Å². The molecule has 5 rings (SSSR count). The summed E-state index contributed by atoms with van der Waals surface area (Å²) in [6.45, 7) is 4.02. The molecule has 44 heavy (non-hydrogen) atoms. The van der Waals surface area contributed by atoms with Crippen molar-refractivity contribution >= 4 is 11.9 Å². The highest BCUT2D eigenvalue weighted by atomic mass is 19.4. The van der Waals surface area contributed by atoms with Gasteiger partial charge in [0.1, 0.15) is 17.5 Å². The van der Waals surface area contributed by atoms with E-state index in [1.54, 1.807) is 5.10 Å². The predicted octanol–water partition coefficient (Wildman–Crippen LogP) is 4.15. The number of nitrogens with one attached hydrogen (secondary N) is 2. The van der Waals surface area contributed by atoms with Gasteiger partial charge in [-0.2, -0.15) is 35.8 Å². The molecule has 0 amide bonds. The maximum Gasteiger partial charge on any atom is 0.491 e. The van der Waals surface area contributed by atoms with E-state index < -0.39 is 70.1 Å². The van der Waals surface area contributed by atoms with E-state index in [4.69, 9.17) is 4.74 Å². The Balaban J connectivity index is 1.57. The molecule has 0 aromatic carbocycles. The van der Waals surface area contributed by atoms with Crippen LogP contribution in [-0.2, 0) is 9.59 Å². The Kier molecular flexibility index (Phi) is 7.42. The number of piperidine rings is 1. The molecule has 1 unspecified atom stereocenters. The summed E-state index contributed by atoms with van der Waals surface area (Å²) in [6.07, 6.45) is -7.86. The van der Waals surface area contributed by atoms with Gasteiger partial charge >= 0.3 is 24.3 Å². The predicted molar refractivity (Wildman–Crippen MR) is 131 cm³/mol. The van der Waals surface area contributed by atoms with Crippen molar-refractivity contribution in [2.75, 3.05) is 0 Å². The molecular weight excluding hydrogens is 613 g/mol. The van der Waals surface area contributed by atoms with E-state index >= 15 is 0 Å². The monoisotopic (exact) mass is 634 g/mol. The van der Waals surface area contributed by atoms with E-state index in [0.29, 0.717) is 19.0 Å². The van der Waals surface area contributed by atoms with Crippen molar-refractivity contribution in [3.05, 3.63) is 24.3 Å². The Morgan fingerprint density at radius 1 is 1.00 bits per heavy atom. The molecule has 1 atom stereocenters. The van der Waals surface area contributed by atoms with Crippen LogP contribution in [0.5, 0.6) is 23.3 Å². The molecule has 1 aliphatic carbocycles. The number of esters is 2. The normalized spacial score (nSPS) is 19.0. The van der Waals surface area contributed by atoms with Crippen LogP contribution < -0.4 is 19.5 Å². The molecule has 2 aliphatic rings. The fraction of sp³-hybridized carbons (Fsp3) is 0.440. The second-order valence-corrected chi connectivity index (χ2v) is 10.9. The third kappa shape index (κ3) is 6.36. The number of H-pyrrole nitrogens is 1. The van der Waals surface area contributed by atoms with Crippen molar-refractivity contribution in [2.24, 2.45) is 0 Å². The highest BCUT2D eigenvalue weighted by Gasteiger charge is 2.52. The molecule has 1 saturated heterocycles. The molecule has 12 nitrogen and oxygen atoms in total. The van der Waals surface area contributed by atoms with Crippen molar-refractivity contribution in [3.63, 3.8) is 0 Å². The van der Waals surface area contributed by atoms with Crippen LogP contribution in [0.1, 0.15) is 39.5 Å². The summed E-state index contributed by atoms with van der Waals surface area (Å²) in [5.41, 5.74) is -3.97. The average Bonchev–Trinajstić information content (AvgIpc) is 3.49. The molecule has 236 valence electrons. The maximum absolute atomic E-state index is 14.4. The molecule has 3 aromatic heterocycles. The van der Waals surface area contributed by atoms with Gasteiger partial charge in [-0.3, -0.25) is 5.10 Å². The SMILES string of the molecule is CC1(C)CC(Oc2ccc(-c3nc(OC(=O)C(F)(F)F)c(-c4cn[nH]c4F)c(OC(=O)C(F)(F)F)c3O)nn2)CC2(CC2)N1. The Morgan fingerprint density at radius 3 is 2.20 bits per heavy atom. The minimum Gasteiger partial charge on any atom is -0.503 e. The van der Waals surface area contributed by atoms with E-state index in [-0.39, 0.29) is 23.1 Å². The number of hydrogen-bond donors (Lipinski definition) is 3. The third-order valence-corrected chi connectivity index (χ3v) is 6.79. The maximum atomic E-state index is 14.4. The number of alkyl halides is 6. The summed E-state index contributed by atoms with van der Waals surface area (Å²) in [5.74, 6) is -11.8. The first-order valence-corrected chi connectivity index (χ1v) is 12.7. The Morgan fingerprint density at radius 2 is 1.66 bits per heavy atom. The summed E-state index contributed by atoms with van der Waals surface area (Å²) in [4.78, 5) is 27.0. The molecule has 1 saturated carbocycles. The van der Waals surface area contributed by atoms with Crippen LogP contribution in [-0.4, -0.2) is 72.0 Å². The van der Waals surface area contributed by atoms with Gasteiger partial charge in [0.15, 0.2) is 11.5 Å². The summed E-state index contributed by atoms with van der Waals surface area (Å²) in [5, 5.41) is 27.1. The van der Waals surface area contributed by atoms with Crippen molar-refractivity contribution in [1.29, 1.82) is 0 Å². The van der Waals surface area contributed by atoms with Gasteiger partial charge in [0.2, 0.25) is 17.7 Å². The lowest BCUT2D eigenvalue weighted by atomic mass is 9.85. The first-order chi connectivity index (χ1) is 20.4. The van der Waals surface area contributed by atoms with Crippen LogP contribution in [0.15, 0.2) is 18.3 Å². The summed E-state index contributed by atoms with van der Waals surface area (Å²) < 4.78 is 107. The number of aromatic amines is 1. The summed E-state index contributed by atoms with van der Waals surface area (Å²) in [6, 6.07) is 2.33. The zero-order valence-corrected chi connectivity index (χ0v) is 22.6. The van der Waals surface area contributed by atoms with Crippen LogP contribution in [0, 0.1) is 5.95 Å². The number of carbonyl (C=O) groups is 2. The molecule has 2 fully saturated rings. The fourth-order valence-electron chi connectivity index (χ4n) is 5.00. The van der Waals surface area contributed by atoms with Gasteiger partial charge in [-0.05, 0) is 32.8 Å². The largest absolute Gasteiger partial charge is 0.503 e. The molecule has 3 N–H and O–H groups in total. The molecule has 0 radical (unpaired) electrons. The Labute approximate surface area is 241 Å². The van der Waals surface area contributed by atoms with Crippen molar-refractivity contribution in [3.8, 4) is 45.8 Å². The summed E-state index contributed by atoms with van der Waals surface area (Å²) >= 11 is 0. The van der Waals surface area contributed by atoms with Crippen molar-refractivity contribution in [1.82, 2.24) is 30.7 Å². The lowest BCUT2D eigenvalue weighted by Gasteiger charge is -2.41. The lowest BCUT2D eigenvalue weighted by molar-refractivity contribution is -0.190. The standard InChI is InChI=1S/C25H21F7N6O6/c1-22(2)7-10(8-23(38-22)5-6-23)42-13-4-3-12(35-36-13)15-16(39)17(43-20(40)24(27,28)29)14(11-9-33-37-18(11)26)19(34-15)44-21(41)25(30,31)32/h3-4,9-10,38-39H,5-8H2,1-2H3,(H,33,37). The molecular formula is C25H21F7N6O6. The van der Waals surface area contributed by atoms with Crippen LogP contribution in [0.3, 0.4) is 0 Å². The van der Waals surface area contributed by atoms with Crippen molar-refractivity contribution < 1.29 is 59.6 Å². The zero-order valence-electron chi connectivity index (χ0n) is 22.6. The zero-order chi connectivity index (χ0) is 32.2. The van der Waals surface area contributed by atoms with E-state index in [0.717, 1.165) is 18.9 Å². The first kappa shape index (κ1) is 30.9. The minimum atomic E-state index is -5.69. The van der Waals surface area contributed by atoms with Gasteiger partial charge in [0, 0.05) is 30.0 Å². The lowest BCUT2D eigenvalue weighted by Crippen LogP contribution is -2.56. The third-order valence-electron chi connectivity index (χ3n) is 6.79. The van der Waals surface area contributed by atoms with Gasteiger partial charge in [-0.1, -0.05) is 0 Å². The molecule has 3 aromatic rings. The number of nitrogens with zero attached hydrogens (tertiary/aromatic N) is 4. The highest BCUT2D eigenvalue weighted by molar-refractivity contribution is 5.89. The van der Waals surface area contributed by atoms with Gasteiger partial charge < -0.3 is 24.6 Å². The van der Waals surface area contributed by atoms with Gasteiger partial charge in [-0.25, -0.2) is 14.6 Å². The molecule has 4 heterocycles. The molecule has 0 bridgehead atoms. The van der Waals surface area contributed by atoms with Gasteiger partial charge in [0.05, 0.1) is 17.3 Å². The fourth-order valence-corrected chi connectivity index (χ4v) is 5.00. The quantitative estimate of drug-likeness (QED) is 0.264. The number of carbonyl (C=O) groups excluding carboxylic acids is 2. The first-order valence-electron chi connectivity index (χ1n) is 12.7. The van der Waals surface area contributed by atoms with Crippen LogP contribution in [0.25, 0.3) is 22.5 Å². The van der Waals surface area contributed by atoms with E-state index in [1.807, 2.05) is 13.8 Å². The van der Waals surface area contributed by atoms with Crippen LogP contribution in [0.4, 0.5) is 30.7 Å². The number of aromatic hydroxyl groups is 1. The number of ether oxygens (including phenoxy) is 3. The Bertz CT molecular complexity index is 1600. The van der Waals surface area contributed by atoms with E-state index in [9.17, 15) is 45.4 Å². The molecule has 1 spiro atoms. The van der Waals surface area contributed by atoms with E-state index in [1.165, 1.54) is 6.07 Å². The summed E-state index contributed by atoms with van der Waals surface area (Å²) in [7, 11) is 0. The Hall–Kier alpha value is -4.55. The number of halogens is 7. The number of hydrogen-bond acceptors (Lipinski definition) is 11. The topological polar surface area (TPSA) is 161 Å². The second kappa shape index (κ2) is 10.6. The van der Waals surface area contributed by atoms with Gasteiger partial charge in [-0.15, -0.1) is 10.2 Å². The number of rotatable bonds is 6. The van der Waals surface area contributed by atoms with Crippen LogP contribution in [0.2, 0.25) is 0 Å². The second-order valence-electron chi connectivity index (χ2n) is 10.9. The number of pyridine rings is 1.